The summed E-state index contributed by atoms with van der Waals surface area (Å²) in [5.41, 5.74) is 0.981. The Balaban J connectivity index is 2.23. The Morgan fingerprint density at radius 3 is 2.61 bits per heavy atom. The number of nitrogens with zero attached hydrogens (tertiary/aromatic N) is 2. The minimum Gasteiger partial charge on any atom is -0.478 e. The van der Waals surface area contributed by atoms with Crippen molar-refractivity contribution >= 4 is 17.6 Å². The van der Waals surface area contributed by atoms with Crippen LogP contribution in [0.15, 0.2) is 30.6 Å². The van der Waals surface area contributed by atoms with Gasteiger partial charge in [-0.3, -0.25) is 0 Å². The van der Waals surface area contributed by atoms with Gasteiger partial charge in [0, 0.05) is 12.4 Å². The summed E-state index contributed by atoms with van der Waals surface area (Å²) < 4.78 is 5.38. The number of benzene rings is 1. The van der Waals surface area contributed by atoms with Gasteiger partial charge in [-0.2, -0.15) is 0 Å². The molecular formula is C12H9ClN2O3. The number of aromatic nitrogens is 2. The maximum atomic E-state index is 10.6. The van der Waals surface area contributed by atoms with Crippen LogP contribution in [0.5, 0.6) is 11.8 Å². The number of aryl methyl sites for hydroxylation is 1. The summed E-state index contributed by atoms with van der Waals surface area (Å²) in [4.78, 5) is 18.2. The van der Waals surface area contributed by atoms with Crippen molar-refractivity contribution in [2.24, 2.45) is 0 Å². The number of hydrogen-bond acceptors (Lipinski definition) is 4. The Hall–Kier alpha value is -2.14. The van der Waals surface area contributed by atoms with Crippen LogP contribution >= 0.6 is 11.6 Å². The first-order valence-corrected chi connectivity index (χ1v) is 5.43. The summed E-state index contributed by atoms with van der Waals surface area (Å²) in [7, 11) is 0. The lowest BCUT2D eigenvalue weighted by Crippen LogP contribution is -2.00. The molecule has 18 heavy (non-hydrogen) atoms. The first-order valence-electron chi connectivity index (χ1n) is 5.05. The van der Waals surface area contributed by atoms with Gasteiger partial charge in [0.2, 0.25) is 0 Å². The monoisotopic (exact) mass is 264 g/mol. The molecule has 0 aliphatic rings. The minimum absolute atomic E-state index is 0.00214. The Morgan fingerprint density at radius 2 is 2.00 bits per heavy atom. The van der Waals surface area contributed by atoms with Crippen molar-refractivity contribution in [2.45, 2.75) is 6.92 Å². The third kappa shape index (κ3) is 2.75. The van der Waals surface area contributed by atoms with Crippen molar-refractivity contribution in [3.63, 3.8) is 0 Å². The lowest BCUT2D eigenvalue weighted by molar-refractivity contribution is 0.0696. The standard InChI is InChI=1S/C12H9ClN2O3/c1-7-2-3-9(13)10(4-7)18-12-14-5-8(6-15-12)11(16)17/h2-6H,1H3,(H,16,17). The first kappa shape index (κ1) is 12.3. The number of rotatable bonds is 3. The van der Waals surface area contributed by atoms with Crippen LogP contribution in [-0.2, 0) is 0 Å². The average Bonchev–Trinajstić information content (AvgIpc) is 2.34. The van der Waals surface area contributed by atoms with E-state index in [0.717, 1.165) is 5.56 Å². The van der Waals surface area contributed by atoms with E-state index in [2.05, 4.69) is 9.97 Å². The molecule has 0 bridgehead atoms. The molecule has 0 amide bonds. The Morgan fingerprint density at radius 1 is 1.33 bits per heavy atom. The predicted octanol–water partition coefficient (Wildman–Crippen LogP) is 2.93. The zero-order chi connectivity index (χ0) is 13.1. The fourth-order valence-electron chi connectivity index (χ4n) is 1.27. The van der Waals surface area contributed by atoms with Crippen LogP contribution in [0, 0.1) is 6.92 Å². The van der Waals surface area contributed by atoms with E-state index in [0.29, 0.717) is 10.8 Å². The van der Waals surface area contributed by atoms with E-state index in [1.807, 2.05) is 13.0 Å². The zero-order valence-corrected chi connectivity index (χ0v) is 10.2. The molecule has 5 nitrogen and oxygen atoms in total. The van der Waals surface area contributed by atoms with Crippen LogP contribution in [0.2, 0.25) is 5.02 Å². The number of ether oxygens (including phenoxy) is 1. The molecule has 1 aromatic carbocycles. The van der Waals surface area contributed by atoms with Crippen molar-refractivity contribution in [2.75, 3.05) is 0 Å². The average molecular weight is 265 g/mol. The van der Waals surface area contributed by atoms with Crippen LogP contribution in [0.4, 0.5) is 0 Å². The highest BCUT2D eigenvalue weighted by molar-refractivity contribution is 6.32. The quantitative estimate of drug-likeness (QED) is 0.923. The van der Waals surface area contributed by atoms with E-state index in [1.54, 1.807) is 12.1 Å². The van der Waals surface area contributed by atoms with E-state index in [9.17, 15) is 4.79 Å². The van der Waals surface area contributed by atoms with Crippen LogP contribution in [0.25, 0.3) is 0 Å². The smallest absolute Gasteiger partial charge is 0.338 e. The number of carbonyl (C=O) groups is 1. The van der Waals surface area contributed by atoms with Gasteiger partial charge >= 0.3 is 12.0 Å². The van der Waals surface area contributed by atoms with Gasteiger partial charge in [-0.25, -0.2) is 14.8 Å². The molecule has 0 saturated heterocycles. The van der Waals surface area contributed by atoms with Crippen molar-refractivity contribution in [1.29, 1.82) is 0 Å². The second kappa shape index (κ2) is 5.01. The second-order valence-electron chi connectivity index (χ2n) is 3.60. The number of aromatic carboxylic acids is 1. The first-order chi connectivity index (χ1) is 8.56. The van der Waals surface area contributed by atoms with Gasteiger partial charge in [-0.05, 0) is 24.6 Å². The highest BCUT2D eigenvalue weighted by Crippen LogP contribution is 2.28. The van der Waals surface area contributed by atoms with Crippen molar-refractivity contribution in [3.8, 4) is 11.8 Å². The van der Waals surface area contributed by atoms with E-state index in [-0.39, 0.29) is 11.6 Å². The number of carboxylic acid groups (broad SMARTS) is 1. The highest BCUT2D eigenvalue weighted by atomic mass is 35.5. The Kier molecular flexibility index (Phi) is 3.43. The summed E-state index contributed by atoms with van der Waals surface area (Å²) >= 11 is 5.95. The van der Waals surface area contributed by atoms with Crippen LogP contribution < -0.4 is 4.74 Å². The molecule has 92 valence electrons. The van der Waals surface area contributed by atoms with Crippen LogP contribution in [0.1, 0.15) is 15.9 Å². The van der Waals surface area contributed by atoms with Gasteiger partial charge in [0.15, 0.2) is 0 Å². The molecule has 0 radical (unpaired) electrons. The SMILES string of the molecule is Cc1ccc(Cl)c(Oc2ncc(C(=O)O)cn2)c1. The van der Waals surface area contributed by atoms with Crippen molar-refractivity contribution in [3.05, 3.63) is 46.7 Å². The molecule has 1 heterocycles. The summed E-state index contributed by atoms with van der Waals surface area (Å²) in [6.45, 7) is 1.90. The molecule has 0 saturated carbocycles. The van der Waals surface area contributed by atoms with E-state index in [4.69, 9.17) is 21.4 Å². The number of halogens is 1. The van der Waals surface area contributed by atoms with Gasteiger partial charge in [-0.1, -0.05) is 17.7 Å². The topological polar surface area (TPSA) is 72.3 Å². The molecule has 2 rings (SSSR count). The summed E-state index contributed by atoms with van der Waals surface area (Å²) in [5.74, 6) is -0.658. The molecule has 0 aliphatic heterocycles. The number of hydrogen-bond donors (Lipinski definition) is 1. The van der Waals surface area contributed by atoms with Crippen LogP contribution in [0.3, 0.4) is 0 Å². The highest BCUT2D eigenvalue weighted by Gasteiger charge is 2.08. The fourth-order valence-corrected chi connectivity index (χ4v) is 1.42. The third-order valence-corrected chi connectivity index (χ3v) is 2.48. The molecule has 0 fully saturated rings. The minimum atomic E-state index is -1.09. The largest absolute Gasteiger partial charge is 0.478 e. The summed E-state index contributed by atoms with van der Waals surface area (Å²) in [5, 5.41) is 9.14. The summed E-state index contributed by atoms with van der Waals surface area (Å²) in [6.07, 6.45) is 2.35. The zero-order valence-electron chi connectivity index (χ0n) is 9.42. The maximum absolute atomic E-state index is 10.6. The number of carboxylic acids is 1. The van der Waals surface area contributed by atoms with E-state index >= 15 is 0 Å². The van der Waals surface area contributed by atoms with Crippen molar-refractivity contribution in [1.82, 2.24) is 9.97 Å². The van der Waals surface area contributed by atoms with E-state index < -0.39 is 5.97 Å². The molecule has 0 spiro atoms. The second-order valence-corrected chi connectivity index (χ2v) is 4.00. The van der Waals surface area contributed by atoms with E-state index in [1.165, 1.54) is 12.4 Å². The molecule has 2 aromatic rings. The third-order valence-electron chi connectivity index (χ3n) is 2.16. The molecule has 1 N–H and O–H groups in total. The molecular weight excluding hydrogens is 256 g/mol. The molecule has 0 aliphatic carbocycles. The molecule has 6 heteroatoms. The fraction of sp³-hybridized carbons (Fsp3) is 0.0833. The lowest BCUT2D eigenvalue weighted by Gasteiger charge is -2.06. The normalized spacial score (nSPS) is 10.1. The van der Waals surface area contributed by atoms with Gasteiger partial charge in [0.25, 0.3) is 0 Å². The van der Waals surface area contributed by atoms with Gasteiger partial charge in [-0.15, -0.1) is 0 Å². The predicted molar refractivity (Wildman–Crippen MR) is 65.3 cm³/mol. The summed E-state index contributed by atoms with van der Waals surface area (Å²) in [6, 6.07) is 5.35. The molecule has 0 atom stereocenters. The Labute approximate surface area is 108 Å². The van der Waals surface area contributed by atoms with Gasteiger partial charge < -0.3 is 9.84 Å². The molecule has 0 unspecified atom stereocenters. The maximum Gasteiger partial charge on any atom is 0.338 e. The molecule has 1 aromatic heterocycles. The van der Waals surface area contributed by atoms with Crippen LogP contribution in [-0.4, -0.2) is 21.0 Å². The Bertz CT molecular complexity index is 584. The van der Waals surface area contributed by atoms with Gasteiger partial charge in [0.05, 0.1) is 10.6 Å². The van der Waals surface area contributed by atoms with Gasteiger partial charge in [0.1, 0.15) is 5.75 Å². The lowest BCUT2D eigenvalue weighted by atomic mass is 10.2. The van der Waals surface area contributed by atoms with Crippen molar-refractivity contribution < 1.29 is 14.6 Å².